The van der Waals surface area contributed by atoms with Crippen molar-refractivity contribution < 1.29 is 0 Å². The van der Waals surface area contributed by atoms with Crippen LogP contribution in [-0.4, -0.2) is 19.1 Å². The van der Waals surface area contributed by atoms with Gasteiger partial charge in [-0.3, -0.25) is 9.36 Å². The van der Waals surface area contributed by atoms with Gasteiger partial charge >= 0.3 is 5.69 Å². The first kappa shape index (κ1) is 11.9. The standard InChI is InChI=1S/C12H9ClN4O2/c1-16-8-5-6(13)3-4-7(8)14-9-10(16)15-12(19)17(2)11(9)18/h3-5H,1-2H3. The van der Waals surface area contributed by atoms with E-state index in [0.29, 0.717) is 16.1 Å². The van der Waals surface area contributed by atoms with Crippen molar-refractivity contribution in [2.24, 2.45) is 14.1 Å². The molecule has 2 aliphatic rings. The number of aromatic nitrogens is 4. The molecule has 1 aromatic carbocycles. The Kier molecular flexibility index (Phi) is 2.43. The van der Waals surface area contributed by atoms with Gasteiger partial charge in [0, 0.05) is 19.1 Å². The molecule has 3 rings (SSSR count). The fraction of sp³-hybridized carbons (Fsp3) is 0.167. The summed E-state index contributed by atoms with van der Waals surface area (Å²) in [6.07, 6.45) is 0. The number of fused-ring (bicyclic) bond motifs is 2. The van der Waals surface area contributed by atoms with Crippen LogP contribution in [0.1, 0.15) is 0 Å². The maximum atomic E-state index is 12.0. The zero-order valence-electron chi connectivity index (χ0n) is 10.2. The first-order chi connectivity index (χ1) is 8.99. The predicted molar refractivity (Wildman–Crippen MR) is 71.7 cm³/mol. The SMILES string of the molecule is Cn1c(=O)nc2n(C)c3cc(Cl)ccc3nc-2c1=O. The van der Waals surface area contributed by atoms with Crippen LogP contribution in [-0.2, 0) is 14.1 Å². The maximum Gasteiger partial charge on any atom is 0.352 e. The summed E-state index contributed by atoms with van der Waals surface area (Å²) in [4.78, 5) is 31.8. The molecule has 19 heavy (non-hydrogen) atoms. The monoisotopic (exact) mass is 276 g/mol. The number of hydrogen-bond acceptors (Lipinski definition) is 4. The van der Waals surface area contributed by atoms with Crippen LogP contribution in [0.25, 0.3) is 22.6 Å². The molecule has 7 heteroatoms. The molecule has 0 fully saturated rings. The van der Waals surface area contributed by atoms with E-state index in [9.17, 15) is 9.59 Å². The topological polar surface area (TPSA) is 69.8 Å². The zero-order chi connectivity index (χ0) is 13.7. The number of benzene rings is 1. The van der Waals surface area contributed by atoms with Crippen molar-refractivity contribution in [3.05, 3.63) is 44.1 Å². The van der Waals surface area contributed by atoms with E-state index >= 15 is 0 Å². The van der Waals surface area contributed by atoms with E-state index in [-0.39, 0.29) is 11.5 Å². The van der Waals surface area contributed by atoms with Crippen molar-refractivity contribution in [3.63, 3.8) is 0 Å². The van der Waals surface area contributed by atoms with Crippen LogP contribution in [0.2, 0.25) is 5.02 Å². The predicted octanol–water partition coefficient (Wildman–Crippen LogP) is 0.785. The van der Waals surface area contributed by atoms with Gasteiger partial charge in [0.2, 0.25) is 0 Å². The van der Waals surface area contributed by atoms with Gasteiger partial charge in [0.1, 0.15) is 0 Å². The summed E-state index contributed by atoms with van der Waals surface area (Å²) in [5.74, 6) is 0.253. The molecule has 0 N–H and O–H groups in total. The molecule has 6 nitrogen and oxygen atoms in total. The zero-order valence-corrected chi connectivity index (χ0v) is 11.0. The summed E-state index contributed by atoms with van der Waals surface area (Å²) < 4.78 is 2.59. The fourth-order valence-electron chi connectivity index (χ4n) is 1.99. The molecule has 0 unspecified atom stereocenters. The lowest BCUT2D eigenvalue weighted by molar-refractivity contribution is 0.748. The molecule has 2 heterocycles. The number of nitrogens with zero attached hydrogens (tertiary/aromatic N) is 4. The third-order valence-electron chi connectivity index (χ3n) is 3.06. The quantitative estimate of drug-likeness (QED) is 0.569. The number of rotatable bonds is 0. The molecule has 0 saturated carbocycles. The van der Waals surface area contributed by atoms with Crippen molar-refractivity contribution in [1.82, 2.24) is 19.1 Å². The first-order valence-corrected chi connectivity index (χ1v) is 5.90. The van der Waals surface area contributed by atoms with Gasteiger partial charge in [-0.25, -0.2) is 9.78 Å². The van der Waals surface area contributed by atoms with Crippen molar-refractivity contribution in [2.45, 2.75) is 0 Å². The Bertz CT molecular complexity index is 897. The van der Waals surface area contributed by atoms with Crippen LogP contribution < -0.4 is 11.2 Å². The molecule has 0 radical (unpaired) electrons. The van der Waals surface area contributed by atoms with Crippen LogP contribution >= 0.6 is 11.6 Å². The smallest absolute Gasteiger partial charge is 0.325 e. The summed E-state index contributed by atoms with van der Waals surface area (Å²) in [6.45, 7) is 0. The molecule has 96 valence electrons. The average molecular weight is 277 g/mol. The van der Waals surface area contributed by atoms with Crippen LogP contribution in [0, 0.1) is 0 Å². The molecule has 2 aliphatic heterocycles. The minimum absolute atomic E-state index is 0.166. The third-order valence-corrected chi connectivity index (χ3v) is 3.29. The van der Waals surface area contributed by atoms with Gasteiger partial charge in [-0.1, -0.05) is 11.6 Å². The van der Waals surface area contributed by atoms with Crippen LogP contribution in [0.5, 0.6) is 0 Å². The van der Waals surface area contributed by atoms with Gasteiger partial charge in [-0.05, 0) is 18.2 Å². The van der Waals surface area contributed by atoms with Crippen molar-refractivity contribution in [3.8, 4) is 11.5 Å². The van der Waals surface area contributed by atoms with Gasteiger partial charge < -0.3 is 4.57 Å². The second kappa shape index (κ2) is 3.89. The summed E-state index contributed by atoms with van der Waals surface area (Å²) in [5.41, 5.74) is 0.440. The van der Waals surface area contributed by atoms with Crippen molar-refractivity contribution in [1.29, 1.82) is 0 Å². The molecule has 0 spiro atoms. The van der Waals surface area contributed by atoms with Gasteiger partial charge in [0.25, 0.3) is 5.56 Å². The lowest BCUT2D eigenvalue weighted by Crippen LogP contribution is -2.36. The number of aryl methyl sites for hydroxylation is 1. The highest BCUT2D eigenvalue weighted by Gasteiger charge is 2.18. The fourth-order valence-corrected chi connectivity index (χ4v) is 2.15. The Hall–Kier alpha value is -2.21. The molecule has 0 bridgehead atoms. The molecular weight excluding hydrogens is 268 g/mol. The average Bonchev–Trinajstić information content (AvgIpc) is 2.39. The van der Waals surface area contributed by atoms with E-state index in [1.807, 2.05) is 0 Å². The van der Waals surface area contributed by atoms with E-state index in [2.05, 4.69) is 9.97 Å². The second-order valence-electron chi connectivity index (χ2n) is 4.23. The largest absolute Gasteiger partial charge is 0.352 e. The molecule has 0 aromatic heterocycles. The lowest BCUT2D eigenvalue weighted by Gasteiger charge is -2.13. The second-order valence-corrected chi connectivity index (χ2v) is 4.67. The Balaban J connectivity index is 2.62. The Morgan fingerprint density at radius 3 is 2.58 bits per heavy atom. The van der Waals surface area contributed by atoms with E-state index < -0.39 is 11.2 Å². The van der Waals surface area contributed by atoms with Gasteiger partial charge in [-0.15, -0.1) is 0 Å². The highest BCUT2D eigenvalue weighted by Crippen LogP contribution is 2.22. The van der Waals surface area contributed by atoms with Crippen molar-refractivity contribution >= 4 is 22.6 Å². The van der Waals surface area contributed by atoms with E-state index in [4.69, 9.17) is 11.6 Å². The highest BCUT2D eigenvalue weighted by molar-refractivity contribution is 6.31. The van der Waals surface area contributed by atoms with Crippen LogP contribution in [0.4, 0.5) is 0 Å². The summed E-state index contributed by atoms with van der Waals surface area (Å²) in [6, 6.07) is 5.14. The number of hydrogen-bond donors (Lipinski definition) is 0. The summed E-state index contributed by atoms with van der Waals surface area (Å²) >= 11 is 5.94. The maximum absolute atomic E-state index is 12.0. The van der Waals surface area contributed by atoms with Gasteiger partial charge in [-0.2, -0.15) is 4.98 Å². The van der Waals surface area contributed by atoms with Gasteiger partial charge in [0.15, 0.2) is 11.5 Å². The van der Waals surface area contributed by atoms with E-state index in [1.54, 1.807) is 29.8 Å². The van der Waals surface area contributed by atoms with E-state index in [1.165, 1.54) is 7.05 Å². The molecule has 0 saturated heterocycles. The normalized spacial score (nSPS) is 11.3. The highest BCUT2D eigenvalue weighted by atomic mass is 35.5. The van der Waals surface area contributed by atoms with Crippen LogP contribution in [0.15, 0.2) is 27.8 Å². The minimum atomic E-state index is -0.601. The Morgan fingerprint density at radius 2 is 1.84 bits per heavy atom. The minimum Gasteiger partial charge on any atom is -0.325 e. The Labute approximate surface area is 112 Å². The summed E-state index contributed by atoms with van der Waals surface area (Å²) in [5, 5.41) is 0.551. The van der Waals surface area contributed by atoms with Crippen LogP contribution in [0.3, 0.4) is 0 Å². The Morgan fingerprint density at radius 1 is 1.11 bits per heavy atom. The molecule has 0 amide bonds. The molecular formula is C12H9ClN4O2. The molecule has 0 atom stereocenters. The number of halogens is 1. The lowest BCUT2D eigenvalue weighted by atomic mass is 10.2. The first-order valence-electron chi connectivity index (χ1n) is 5.52. The van der Waals surface area contributed by atoms with Gasteiger partial charge in [0.05, 0.1) is 11.0 Å². The molecule has 0 aliphatic carbocycles. The molecule has 1 aromatic rings. The summed E-state index contributed by atoms with van der Waals surface area (Å²) in [7, 11) is 3.10. The van der Waals surface area contributed by atoms with Crippen molar-refractivity contribution in [2.75, 3.05) is 0 Å². The third kappa shape index (κ3) is 1.64. The van der Waals surface area contributed by atoms with E-state index in [0.717, 1.165) is 4.57 Å².